The van der Waals surface area contributed by atoms with Crippen molar-refractivity contribution in [1.82, 2.24) is 0 Å². The molecule has 0 aliphatic rings. The fourth-order valence-electron chi connectivity index (χ4n) is 0.578. The molecule has 0 aromatic heterocycles. The summed E-state index contributed by atoms with van der Waals surface area (Å²) in [6.07, 6.45) is 0. The van der Waals surface area contributed by atoms with E-state index in [0.29, 0.717) is 5.88 Å². The first-order valence-electron chi connectivity index (χ1n) is 2.98. The molecule has 10 heavy (non-hydrogen) atoms. The Balaban J connectivity index is 2.43. The second-order valence-corrected chi connectivity index (χ2v) is 4.10. The molecule has 3 heteroatoms. The van der Waals surface area contributed by atoms with Gasteiger partial charge in [-0.1, -0.05) is 39.8 Å². The number of benzene rings is 1. The topological polar surface area (TPSA) is 26.0 Å². The lowest BCUT2D eigenvalue weighted by molar-refractivity contribution is 1.41. The van der Waals surface area contributed by atoms with Crippen molar-refractivity contribution in [3.8, 4) is 0 Å². The molecule has 0 radical (unpaired) electrons. The van der Waals surface area contributed by atoms with Crippen molar-refractivity contribution in [3.63, 3.8) is 0 Å². The summed E-state index contributed by atoms with van der Waals surface area (Å²) >= 11 is 0. The highest BCUT2D eigenvalue weighted by Gasteiger charge is 1.88. The van der Waals surface area contributed by atoms with Gasteiger partial charge in [0.25, 0.3) is 0 Å². The highest BCUT2D eigenvalue weighted by Crippen LogP contribution is 2.28. The van der Waals surface area contributed by atoms with E-state index in [0.717, 1.165) is 0 Å². The third-order valence-corrected chi connectivity index (χ3v) is 3.02. The molecule has 0 fully saturated rings. The average molecular weight is 171 g/mol. The normalized spacial score (nSPS) is 9.70. The van der Waals surface area contributed by atoms with Crippen LogP contribution in [0.2, 0.25) is 0 Å². The van der Waals surface area contributed by atoms with Gasteiger partial charge in [-0.3, -0.25) is 0 Å². The molecule has 2 N–H and O–H groups in total. The Morgan fingerprint density at radius 1 is 1.20 bits per heavy atom. The van der Waals surface area contributed by atoms with Crippen LogP contribution in [-0.4, -0.2) is 5.88 Å². The molecule has 0 aliphatic carbocycles. The zero-order valence-electron chi connectivity index (χ0n) is 5.49. The lowest BCUT2D eigenvalue weighted by Gasteiger charge is -1.95. The maximum atomic E-state index is 5.32. The van der Waals surface area contributed by atoms with Crippen molar-refractivity contribution in [1.29, 1.82) is 0 Å². The summed E-state index contributed by atoms with van der Waals surface area (Å²) in [6, 6.07) is 10.2. The number of hydrogen-bond donors (Lipinski definition) is 1. The first-order valence-corrected chi connectivity index (χ1v) is 5.30. The minimum absolute atomic E-state index is 0.666. The largest absolute Gasteiger partial charge is 0.321 e. The van der Waals surface area contributed by atoms with Gasteiger partial charge >= 0.3 is 0 Å². The quantitative estimate of drug-likeness (QED) is 0.558. The van der Waals surface area contributed by atoms with Gasteiger partial charge in [0.15, 0.2) is 0 Å². The van der Waals surface area contributed by atoms with Crippen molar-refractivity contribution in [2.75, 3.05) is 5.88 Å². The smallest absolute Gasteiger partial charge is 0.0501 e. The zero-order valence-corrected chi connectivity index (χ0v) is 7.12. The molecule has 0 amide bonds. The van der Waals surface area contributed by atoms with Crippen LogP contribution in [0.25, 0.3) is 0 Å². The minimum atomic E-state index is 0.666. The predicted molar refractivity (Wildman–Crippen MR) is 48.9 cm³/mol. The van der Waals surface area contributed by atoms with E-state index in [4.69, 9.17) is 5.73 Å². The van der Waals surface area contributed by atoms with E-state index >= 15 is 0 Å². The number of nitrogens with two attached hydrogens (primary N) is 1. The molecule has 1 nitrogen and oxygen atoms in total. The van der Waals surface area contributed by atoms with Crippen LogP contribution >= 0.6 is 21.6 Å². The molecule has 0 atom stereocenters. The van der Waals surface area contributed by atoms with Gasteiger partial charge in [-0.05, 0) is 12.1 Å². The van der Waals surface area contributed by atoms with Crippen molar-refractivity contribution < 1.29 is 0 Å². The highest BCUT2D eigenvalue weighted by atomic mass is 33.1. The summed E-state index contributed by atoms with van der Waals surface area (Å²) in [6.45, 7) is 0. The van der Waals surface area contributed by atoms with Crippen molar-refractivity contribution in [2.24, 2.45) is 5.73 Å². The van der Waals surface area contributed by atoms with E-state index in [2.05, 4.69) is 12.1 Å². The average Bonchev–Trinajstić information content (AvgIpc) is 2.03. The van der Waals surface area contributed by atoms with Gasteiger partial charge in [0, 0.05) is 4.90 Å². The van der Waals surface area contributed by atoms with Crippen LogP contribution in [0.3, 0.4) is 0 Å². The van der Waals surface area contributed by atoms with E-state index in [1.807, 2.05) is 18.2 Å². The Morgan fingerprint density at radius 2 is 1.90 bits per heavy atom. The Hall–Kier alpha value is -0.120. The van der Waals surface area contributed by atoms with Crippen LogP contribution in [0.5, 0.6) is 0 Å². The second kappa shape index (κ2) is 4.66. The van der Waals surface area contributed by atoms with Gasteiger partial charge < -0.3 is 5.73 Å². The Bertz CT molecular complexity index is 176. The van der Waals surface area contributed by atoms with Crippen LogP contribution in [0.1, 0.15) is 0 Å². The summed E-state index contributed by atoms with van der Waals surface area (Å²) in [4.78, 5) is 1.26. The fraction of sp³-hybridized carbons (Fsp3) is 0.143. The first-order chi connectivity index (χ1) is 4.93. The van der Waals surface area contributed by atoms with Crippen LogP contribution in [0, 0.1) is 0 Å². The van der Waals surface area contributed by atoms with Crippen molar-refractivity contribution in [3.05, 3.63) is 30.3 Å². The number of rotatable bonds is 3. The van der Waals surface area contributed by atoms with Crippen LogP contribution < -0.4 is 5.73 Å². The molecular weight excluding hydrogens is 162 g/mol. The molecule has 1 aromatic rings. The maximum Gasteiger partial charge on any atom is 0.0501 e. The Labute approximate surface area is 68.8 Å². The van der Waals surface area contributed by atoms with Gasteiger partial charge in [0.2, 0.25) is 0 Å². The fourth-order valence-corrected chi connectivity index (χ4v) is 2.00. The highest BCUT2D eigenvalue weighted by molar-refractivity contribution is 8.76. The molecule has 0 bridgehead atoms. The Kier molecular flexibility index (Phi) is 3.72. The third kappa shape index (κ3) is 2.64. The number of hydrogen-bond acceptors (Lipinski definition) is 3. The molecule has 0 aliphatic heterocycles. The van der Waals surface area contributed by atoms with Gasteiger partial charge in [0.1, 0.15) is 0 Å². The standard InChI is InChI=1S/C7H9NS2/c8-6-9-10-7-4-2-1-3-5-7/h1-5H,6,8H2. The SMILES string of the molecule is NCSSc1ccccc1. The summed E-state index contributed by atoms with van der Waals surface area (Å²) in [7, 11) is 3.37. The molecule has 54 valence electrons. The van der Waals surface area contributed by atoms with Gasteiger partial charge in [0.05, 0.1) is 5.88 Å². The zero-order chi connectivity index (χ0) is 7.23. The summed E-state index contributed by atoms with van der Waals surface area (Å²) in [5, 5.41) is 0. The second-order valence-electron chi connectivity index (χ2n) is 1.68. The first kappa shape index (κ1) is 7.98. The van der Waals surface area contributed by atoms with E-state index in [1.54, 1.807) is 21.6 Å². The third-order valence-electron chi connectivity index (χ3n) is 0.966. The molecule has 0 saturated carbocycles. The molecule has 0 heterocycles. The molecule has 0 unspecified atom stereocenters. The predicted octanol–water partition coefficient (Wildman–Crippen LogP) is 2.34. The van der Waals surface area contributed by atoms with Crippen molar-refractivity contribution >= 4 is 21.6 Å². The van der Waals surface area contributed by atoms with Crippen LogP contribution in [0.15, 0.2) is 35.2 Å². The van der Waals surface area contributed by atoms with Gasteiger partial charge in [-0.15, -0.1) is 0 Å². The molecule has 1 rings (SSSR count). The minimum Gasteiger partial charge on any atom is -0.321 e. The van der Waals surface area contributed by atoms with E-state index in [9.17, 15) is 0 Å². The summed E-state index contributed by atoms with van der Waals surface area (Å²) in [5.41, 5.74) is 5.32. The van der Waals surface area contributed by atoms with E-state index in [-0.39, 0.29) is 0 Å². The molecule has 0 saturated heterocycles. The molecular formula is C7H9NS2. The van der Waals surface area contributed by atoms with Gasteiger partial charge in [-0.25, -0.2) is 0 Å². The van der Waals surface area contributed by atoms with E-state index in [1.165, 1.54) is 4.90 Å². The Morgan fingerprint density at radius 3 is 2.50 bits per heavy atom. The maximum absolute atomic E-state index is 5.32. The lowest BCUT2D eigenvalue weighted by Crippen LogP contribution is -1.88. The molecule has 0 spiro atoms. The van der Waals surface area contributed by atoms with Crippen LogP contribution in [0.4, 0.5) is 0 Å². The van der Waals surface area contributed by atoms with Gasteiger partial charge in [-0.2, -0.15) is 0 Å². The molecule has 1 aromatic carbocycles. The summed E-state index contributed by atoms with van der Waals surface area (Å²) in [5.74, 6) is 0.666. The monoisotopic (exact) mass is 171 g/mol. The van der Waals surface area contributed by atoms with E-state index < -0.39 is 0 Å². The summed E-state index contributed by atoms with van der Waals surface area (Å²) < 4.78 is 0. The lowest BCUT2D eigenvalue weighted by atomic mass is 10.4. The van der Waals surface area contributed by atoms with Crippen molar-refractivity contribution in [2.45, 2.75) is 4.90 Å². The van der Waals surface area contributed by atoms with Crippen LogP contribution in [-0.2, 0) is 0 Å².